The smallest absolute Gasteiger partial charge is 0.164 e. The molecular formula is C13H13N5. The van der Waals surface area contributed by atoms with Crippen LogP contribution in [0.5, 0.6) is 0 Å². The molecule has 5 nitrogen and oxygen atoms in total. The number of nitrogens with two attached hydrogens (primary N) is 1. The lowest BCUT2D eigenvalue weighted by atomic mass is 10.1. The largest absolute Gasteiger partial charge is 0.382 e. The van der Waals surface area contributed by atoms with Crippen LogP contribution in [-0.2, 0) is 7.05 Å². The highest BCUT2D eigenvalue weighted by Crippen LogP contribution is 2.29. The second kappa shape index (κ2) is 3.80. The minimum absolute atomic E-state index is 0.464. The van der Waals surface area contributed by atoms with Crippen LogP contribution in [0.1, 0.15) is 5.82 Å². The summed E-state index contributed by atoms with van der Waals surface area (Å²) in [5, 5.41) is 5.02. The third-order valence-electron chi connectivity index (χ3n) is 2.87. The monoisotopic (exact) mass is 239 g/mol. The van der Waals surface area contributed by atoms with Crippen LogP contribution in [0, 0.1) is 6.92 Å². The molecule has 2 N–H and O–H groups in total. The molecule has 0 radical (unpaired) electrons. The fourth-order valence-electron chi connectivity index (χ4n) is 2.09. The fourth-order valence-corrected chi connectivity index (χ4v) is 2.09. The van der Waals surface area contributed by atoms with Crippen LogP contribution in [-0.4, -0.2) is 19.7 Å². The molecule has 0 aliphatic heterocycles. The quantitative estimate of drug-likeness (QED) is 0.704. The molecule has 1 aromatic carbocycles. The lowest BCUT2D eigenvalue weighted by Gasteiger charge is -2.04. The highest BCUT2D eigenvalue weighted by Gasteiger charge is 2.15. The third-order valence-corrected chi connectivity index (χ3v) is 2.87. The number of nitrogen functional groups attached to an aromatic ring is 1. The molecule has 0 spiro atoms. The molecule has 0 bridgehead atoms. The first kappa shape index (κ1) is 10.7. The van der Waals surface area contributed by atoms with Crippen LogP contribution in [0.25, 0.3) is 22.3 Å². The predicted octanol–water partition coefficient (Wildman–Crippen LogP) is 1.92. The molecule has 2 heterocycles. The van der Waals surface area contributed by atoms with E-state index in [1.165, 1.54) is 0 Å². The average Bonchev–Trinajstić information content (AvgIpc) is 2.65. The van der Waals surface area contributed by atoms with Gasteiger partial charge in [-0.15, -0.1) is 0 Å². The van der Waals surface area contributed by atoms with Gasteiger partial charge in [0, 0.05) is 12.6 Å². The summed E-state index contributed by atoms with van der Waals surface area (Å²) in [6.45, 7) is 1.87. The summed E-state index contributed by atoms with van der Waals surface area (Å²) in [5.74, 6) is 1.18. The Morgan fingerprint density at radius 2 is 1.83 bits per heavy atom. The van der Waals surface area contributed by atoms with Gasteiger partial charge in [0.15, 0.2) is 11.5 Å². The minimum Gasteiger partial charge on any atom is -0.382 e. The van der Waals surface area contributed by atoms with E-state index in [2.05, 4.69) is 15.1 Å². The second-order valence-electron chi connectivity index (χ2n) is 4.19. The Morgan fingerprint density at radius 3 is 2.56 bits per heavy atom. The zero-order chi connectivity index (χ0) is 12.7. The molecule has 0 saturated heterocycles. The summed E-state index contributed by atoms with van der Waals surface area (Å²) >= 11 is 0. The molecule has 18 heavy (non-hydrogen) atoms. The van der Waals surface area contributed by atoms with Gasteiger partial charge in [0.25, 0.3) is 0 Å². The van der Waals surface area contributed by atoms with Crippen LogP contribution in [0.15, 0.2) is 30.3 Å². The summed E-state index contributed by atoms with van der Waals surface area (Å²) in [7, 11) is 1.83. The number of hydrogen-bond acceptors (Lipinski definition) is 4. The number of aromatic nitrogens is 4. The summed E-state index contributed by atoms with van der Waals surface area (Å²) in [6.07, 6.45) is 0. The van der Waals surface area contributed by atoms with E-state index in [0.717, 1.165) is 22.3 Å². The van der Waals surface area contributed by atoms with Crippen LogP contribution in [0.4, 0.5) is 5.82 Å². The zero-order valence-corrected chi connectivity index (χ0v) is 10.3. The van der Waals surface area contributed by atoms with Crippen molar-refractivity contribution < 1.29 is 0 Å². The molecule has 0 amide bonds. The summed E-state index contributed by atoms with van der Waals surface area (Å²) in [6, 6.07) is 9.94. The molecule has 3 aromatic rings. The molecule has 0 fully saturated rings. The van der Waals surface area contributed by atoms with E-state index in [9.17, 15) is 0 Å². The maximum absolute atomic E-state index is 5.95. The number of aryl methyl sites for hydroxylation is 2. The van der Waals surface area contributed by atoms with Crippen molar-refractivity contribution in [1.29, 1.82) is 0 Å². The van der Waals surface area contributed by atoms with Gasteiger partial charge in [-0.25, -0.2) is 14.6 Å². The van der Waals surface area contributed by atoms with Crippen LogP contribution >= 0.6 is 0 Å². The second-order valence-corrected chi connectivity index (χ2v) is 4.19. The normalized spacial score (nSPS) is 11.0. The molecular weight excluding hydrogens is 226 g/mol. The first-order chi connectivity index (χ1) is 8.66. The summed E-state index contributed by atoms with van der Waals surface area (Å²) < 4.78 is 1.69. The molecule has 0 aliphatic rings. The SMILES string of the molecule is Cc1nc(-c2ccccc2)c2c(N)nn(C)c2n1. The van der Waals surface area contributed by atoms with Crippen molar-refractivity contribution in [3.05, 3.63) is 36.2 Å². The van der Waals surface area contributed by atoms with E-state index >= 15 is 0 Å². The highest BCUT2D eigenvalue weighted by atomic mass is 15.3. The number of benzene rings is 1. The summed E-state index contributed by atoms with van der Waals surface area (Å²) in [5.41, 5.74) is 8.57. The molecule has 3 rings (SSSR count). The first-order valence-corrected chi connectivity index (χ1v) is 5.69. The maximum atomic E-state index is 5.95. The molecule has 0 aliphatic carbocycles. The molecule has 0 saturated carbocycles. The van der Waals surface area contributed by atoms with Crippen molar-refractivity contribution in [2.24, 2.45) is 7.05 Å². The maximum Gasteiger partial charge on any atom is 0.164 e. The lowest BCUT2D eigenvalue weighted by molar-refractivity contribution is 0.787. The van der Waals surface area contributed by atoms with Gasteiger partial charge in [-0.05, 0) is 6.92 Å². The molecule has 0 atom stereocenters. The van der Waals surface area contributed by atoms with Gasteiger partial charge in [0.05, 0.1) is 11.1 Å². The number of nitrogens with zero attached hydrogens (tertiary/aromatic N) is 4. The minimum atomic E-state index is 0.464. The van der Waals surface area contributed by atoms with Crippen molar-refractivity contribution in [3.8, 4) is 11.3 Å². The lowest BCUT2D eigenvalue weighted by Crippen LogP contribution is -1.97. The predicted molar refractivity (Wildman–Crippen MR) is 70.9 cm³/mol. The van der Waals surface area contributed by atoms with Crippen molar-refractivity contribution in [2.75, 3.05) is 5.73 Å². The first-order valence-electron chi connectivity index (χ1n) is 5.69. The van der Waals surface area contributed by atoms with E-state index < -0.39 is 0 Å². The van der Waals surface area contributed by atoms with Crippen molar-refractivity contribution in [3.63, 3.8) is 0 Å². The number of anilines is 1. The standard InChI is InChI=1S/C13H13N5/c1-8-15-11(9-6-4-3-5-7-9)10-12(14)17-18(2)13(10)16-8/h3-7H,1-2H3,(H2,14,17). The van der Waals surface area contributed by atoms with Crippen LogP contribution in [0.2, 0.25) is 0 Å². The number of rotatable bonds is 1. The van der Waals surface area contributed by atoms with Crippen molar-refractivity contribution in [2.45, 2.75) is 6.92 Å². The van der Waals surface area contributed by atoms with E-state index in [-0.39, 0.29) is 0 Å². The van der Waals surface area contributed by atoms with Crippen LogP contribution < -0.4 is 5.73 Å². The number of fused-ring (bicyclic) bond motifs is 1. The van der Waals surface area contributed by atoms with E-state index in [4.69, 9.17) is 5.73 Å². The van der Waals surface area contributed by atoms with Gasteiger partial charge in [-0.3, -0.25) is 0 Å². The van der Waals surface area contributed by atoms with Gasteiger partial charge < -0.3 is 5.73 Å². The van der Waals surface area contributed by atoms with Gasteiger partial charge in [-0.2, -0.15) is 5.10 Å². The highest BCUT2D eigenvalue weighted by molar-refractivity contribution is 5.98. The third kappa shape index (κ3) is 1.52. The van der Waals surface area contributed by atoms with E-state index in [1.807, 2.05) is 44.3 Å². The van der Waals surface area contributed by atoms with Gasteiger partial charge in [0.2, 0.25) is 0 Å². The number of hydrogen-bond donors (Lipinski definition) is 1. The Labute approximate surface area is 104 Å². The Balaban J connectivity index is 2.42. The topological polar surface area (TPSA) is 69.6 Å². The Bertz CT molecular complexity index is 715. The zero-order valence-electron chi connectivity index (χ0n) is 10.3. The Morgan fingerprint density at radius 1 is 1.11 bits per heavy atom. The molecule has 0 unspecified atom stereocenters. The Hall–Kier alpha value is -2.43. The van der Waals surface area contributed by atoms with E-state index in [1.54, 1.807) is 4.68 Å². The fraction of sp³-hybridized carbons (Fsp3) is 0.154. The van der Waals surface area contributed by atoms with E-state index in [0.29, 0.717) is 11.6 Å². The van der Waals surface area contributed by atoms with Gasteiger partial charge in [0.1, 0.15) is 5.82 Å². The molecule has 5 heteroatoms. The summed E-state index contributed by atoms with van der Waals surface area (Å²) in [4.78, 5) is 8.89. The molecule has 2 aromatic heterocycles. The van der Waals surface area contributed by atoms with Crippen LogP contribution in [0.3, 0.4) is 0 Å². The van der Waals surface area contributed by atoms with Crippen molar-refractivity contribution >= 4 is 16.9 Å². The Kier molecular flexibility index (Phi) is 2.26. The van der Waals surface area contributed by atoms with Gasteiger partial charge in [-0.1, -0.05) is 30.3 Å². The average molecular weight is 239 g/mol. The van der Waals surface area contributed by atoms with Crippen molar-refractivity contribution in [1.82, 2.24) is 19.7 Å². The molecule has 90 valence electrons. The van der Waals surface area contributed by atoms with Gasteiger partial charge >= 0.3 is 0 Å².